The summed E-state index contributed by atoms with van der Waals surface area (Å²) in [4.78, 5) is 0. The summed E-state index contributed by atoms with van der Waals surface area (Å²) in [5.41, 5.74) is 0.934. The normalized spacial score (nSPS) is 19.1. The minimum absolute atomic E-state index is 0.446. The molecule has 1 aliphatic rings. The van der Waals surface area contributed by atoms with Gasteiger partial charge in [-0.3, -0.25) is 0 Å². The molecule has 1 aromatic rings. The Hall–Kier alpha value is -1.06. The molecule has 2 rings (SSSR count). The zero-order valence-corrected chi connectivity index (χ0v) is 11.2. The first-order valence-electron chi connectivity index (χ1n) is 6.76. The summed E-state index contributed by atoms with van der Waals surface area (Å²) in [5, 5.41) is 13.5. The molecule has 1 saturated carbocycles. The average Bonchev–Trinajstić information content (AvgIpc) is 2.34. The Bertz CT molecular complexity index is 359. The highest BCUT2D eigenvalue weighted by Crippen LogP contribution is 2.29. The van der Waals surface area contributed by atoms with Gasteiger partial charge in [-0.25, -0.2) is 0 Å². The highest BCUT2D eigenvalue weighted by atomic mass is 16.5. The number of nitrogens with one attached hydrogen (secondary N) is 1. The summed E-state index contributed by atoms with van der Waals surface area (Å²) in [6.45, 7) is 2.83. The molecule has 1 fully saturated rings. The van der Waals surface area contributed by atoms with E-state index >= 15 is 0 Å². The number of methoxy groups -OCH3 is 1. The van der Waals surface area contributed by atoms with Gasteiger partial charge in [0.1, 0.15) is 5.75 Å². The minimum Gasteiger partial charge on any atom is -0.497 e. The Labute approximate surface area is 109 Å². The molecule has 1 aliphatic carbocycles. The molecule has 2 N–H and O–H groups in total. The van der Waals surface area contributed by atoms with Crippen LogP contribution in [0, 0.1) is 5.92 Å². The van der Waals surface area contributed by atoms with Crippen molar-refractivity contribution in [1.29, 1.82) is 0 Å². The molecule has 0 aliphatic heterocycles. The van der Waals surface area contributed by atoms with E-state index in [0.29, 0.717) is 12.6 Å². The fourth-order valence-electron chi connectivity index (χ4n) is 2.35. The average molecular weight is 249 g/mol. The predicted molar refractivity (Wildman–Crippen MR) is 72.8 cm³/mol. The van der Waals surface area contributed by atoms with E-state index < -0.39 is 6.10 Å². The van der Waals surface area contributed by atoms with Crippen LogP contribution in [0.4, 0.5) is 0 Å². The maximum Gasteiger partial charge on any atom is 0.118 e. The van der Waals surface area contributed by atoms with Crippen molar-refractivity contribution in [2.75, 3.05) is 13.7 Å². The highest BCUT2D eigenvalue weighted by Gasteiger charge is 2.23. The standard InChI is InChI=1S/C15H23NO2/c1-11(12-4-3-5-12)16-10-15(17)13-6-8-14(18-2)9-7-13/h6-9,11-12,15-17H,3-5,10H2,1-2H3. The van der Waals surface area contributed by atoms with Crippen LogP contribution in [0.1, 0.15) is 37.9 Å². The van der Waals surface area contributed by atoms with Crippen molar-refractivity contribution >= 4 is 0 Å². The van der Waals surface area contributed by atoms with Gasteiger partial charge in [0.15, 0.2) is 0 Å². The van der Waals surface area contributed by atoms with Crippen molar-refractivity contribution in [1.82, 2.24) is 5.32 Å². The summed E-state index contributed by atoms with van der Waals surface area (Å²) < 4.78 is 5.10. The molecule has 0 amide bonds. The smallest absolute Gasteiger partial charge is 0.118 e. The Morgan fingerprint density at radius 1 is 1.33 bits per heavy atom. The molecule has 0 spiro atoms. The fraction of sp³-hybridized carbons (Fsp3) is 0.600. The van der Waals surface area contributed by atoms with Crippen molar-refractivity contribution in [3.05, 3.63) is 29.8 Å². The largest absolute Gasteiger partial charge is 0.497 e. The maximum atomic E-state index is 10.1. The van der Waals surface area contributed by atoms with Crippen molar-refractivity contribution in [2.24, 2.45) is 5.92 Å². The highest BCUT2D eigenvalue weighted by molar-refractivity contribution is 5.28. The van der Waals surface area contributed by atoms with Crippen molar-refractivity contribution < 1.29 is 9.84 Å². The van der Waals surface area contributed by atoms with E-state index in [-0.39, 0.29) is 0 Å². The van der Waals surface area contributed by atoms with Gasteiger partial charge in [-0.2, -0.15) is 0 Å². The molecule has 0 saturated heterocycles. The van der Waals surface area contributed by atoms with E-state index in [1.165, 1.54) is 19.3 Å². The van der Waals surface area contributed by atoms with Crippen LogP contribution < -0.4 is 10.1 Å². The van der Waals surface area contributed by atoms with Gasteiger partial charge in [0.2, 0.25) is 0 Å². The number of benzene rings is 1. The van der Waals surface area contributed by atoms with Crippen LogP contribution in [0.2, 0.25) is 0 Å². The third-order valence-corrected chi connectivity index (χ3v) is 3.99. The van der Waals surface area contributed by atoms with Crippen LogP contribution in [0.5, 0.6) is 5.75 Å². The van der Waals surface area contributed by atoms with Crippen LogP contribution in [0.15, 0.2) is 24.3 Å². The Morgan fingerprint density at radius 3 is 2.50 bits per heavy atom. The number of hydrogen-bond donors (Lipinski definition) is 2. The zero-order chi connectivity index (χ0) is 13.0. The number of hydrogen-bond acceptors (Lipinski definition) is 3. The molecule has 100 valence electrons. The second kappa shape index (κ2) is 6.21. The van der Waals surface area contributed by atoms with Crippen LogP contribution >= 0.6 is 0 Å². The van der Waals surface area contributed by atoms with Crippen LogP contribution in [-0.4, -0.2) is 24.8 Å². The third kappa shape index (κ3) is 3.24. The van der Waals surface area contributed by atoms with E-state index in [4.69, 9.17) is 4.74 Å². The lowest BCUT2D eigenvalue weighted by Crippen LogP contribution is -2.39. The SMILES string of the molecule is COc1ccc(C(O)CNC(C)C2CCC2)cc1. The molecule has 0 aromatic heterocycles. The molecule has 2 atom stereocenters. The van der Waals surface area contributed by atoms with Crippen LogP contribution in [0.3, 0.4) is 0 Å². The lowest BCUT2D eigenvalue weighted by Gasteiger charge is -2.32. The van der Waals surface area contributed by atoms with Gasteiger partial charge in [-0.15, -0.1) is 0 Å². The topological polar surface area (TPSA) is 41.5 Å². The summed E-state index contributed by atoms with van der Waals surface area (Å²) in [6, 6.07) is 8.10. The van der Waals surface area contributed by atoms with Crippen molar-refractivity contribution in [3.8, 4) is 5.75 Å². The monoisotopic (exact) mass is 249 g/mol. The van der Waals surface area contributed by atoms with Crippen molar-refractivity contribution in [3.63, 3.8) is 0 Å². The molecule has 0 bridgehead atoms. The lowest BCUT2D eigenvalue weighted by molar-refractivity contribution is 0.155. The molecule has 18 heavy (non-hydrogen) atoms. The number of aliphatic hydroxyl groups excluding tert-OH is 1. The maximum absolute atomic E-state index is 10.1. The van der Waals surface area contributed by atoms with Gasteiger partial charge in [-0.05, 0) is 43.4 Å². The number of rotatable bonds is 6. The molecular formula is C15H23NO2. The van der Waals surface area contributed by atoms with Crippen LogP contribution in [0.25, 0.3) is 0 Å². The Kier molecular flexibility index (Phi) is 4.61. The minimum atomic E-state index is -0.446. The van der Waals surface area contributed by atoms with E-state index in [2.05, 4.69) is 12.2 Å². The summed E-state index contributed by atoms with van der Waals surface area (Å²) in [6.07, 6.45) is 3.57. The van der Waals surface area contributed by atoms with E-state index in [1.54, 1.807) is 7.11 Å². The van der Waals surface area contributed by atoms with Gasteiger partial charge in [-0.1, -0.05) is 18.6 Å². The van der Waals surface area contributed by atoms with E-state index in [1.807, 2.05) is 24.3 Å². The molecule has 1 aromatic carbocycles. The van der Waals surface area contributed by atoms with E-state index in [9.17, 15) is 5.11 Å². The first kappa shape index (κ1) is 13.4. The first-order valence-corrected chi connectivity index (χ1v) is 6.76. The lowest BCUT2D eigenvalue weighted by atomic mass is 9.80. The number of ether oxygens (including phenoxy) is 1. The summed E-state index contributed by atoms with van der Waals surface area (Å²) in [5.74, 6) is 1.62. The van der Waals surface area contributed by atoms with E-state index in [0.717, 1.165) is 17.2 Å². The molecule has 3 heteroatoms. The predicted octanol–water partition coefficient (Wildman–Crippen LogP) is 2.51. The first-order chi connectivity index (χ1) is 8.70. The molecule has 2 unspecified atom stereocenters. The quantitative estimate of drug-likeness (QED) is 0.814. The second-order valence-corrected chi connectivity index (χ2v) is 5.18. The van der Waals surface area contributed by atoms with Crippen molar-refractivity contribution in [2.45, 2.75) is 38.3 Å². The third-order valence-electron chi connectivity index (χ3n) is 3.99. The Balaban J connectivity index is 1.80. The molecule has 0 radical (unpaired) electrons. The van der Waals surface area contributed by atoms with Gasteiger partial charge in [0.25, 0.3) is 0 Å². The van der Waals surface area contributed by atoms with Gasteiger partial charge >= 0.3 is 0 Å². The summed E-state index contributed by atoms with van der Waals surface area (Å²) in [7, 11) is 1.65. The van der Waals surface area contributed by atoms with Gasteiger partial charge in [0.05, 0.1) is 13.2 Å². The molecular weight excluding hydrogens is 226 g/mol. The number of aliphatic hydroxyl groups is 1. The second-order valence-electron chi connectivity index (χ2n) is 5.18. The van der Waals surface area contributed by atoms with Gasteiger partial charge < -0.3 is 15.2 Å². The Morgan fingerprint density at radius 2 is 2.00 bits per heavy atom. The fourth-order valence-corrected chi connectivity index (χ4v) is 2.35. The van der Waals surface area contributed by atoms with Crippen LogP contribution in [-0.2, 0) is 0 Å². The summed E-state index contributed by atoms with van der Waals surface area (Å²) >= 11 is 0. The van der Waals surface area contributed by atoms with Gasteiger partial charge in [0, 0.05) is 12.6 Å². The molecule has 0 heterocycles. The zero-order valence-electron chi connectivity index (χ0n) is 11.2. The molecule has 3 nitrogen and oxygen atoms in total.